The summed E-state index contributed by atoms with van der Waals surface area (Å²) in [5.41, 5.74) is 4.78. The van der Waals surface area contributed by atoms with E-state index in [1.807, 2.05) is 32.9 Å². The van der Waals surface area contributed by atoms with E-state index < -0.39 is 5.97 Å². The normalized spacial score (nSPS) is 10.6. The van der Waals surface area contributed by atoms with Crippen molar-refractivity contribution in [2.45, 2.75) is 34.3 Å². The smallest absolute Gasteiger partial charge is 0.342 e. The highest BCUT2D eigenvalue weighted by atomic mass is 32.1. The molecule has 0 atom stereocenters. The van der Waals surface area contributed by atoms with E-state index in [0.29, 0.717) is 27.9 Å². The number of carbonyl (C=O) groups is 2. The van der Waals surface area contributed by atoms with Gasteiger partial charge in [-0.2, -0.15) is 0 Å². The Morgan fingerprint density at radius 3 is 2.46 bits per heavy atom. The lowest BCUT2D eigenvalue weighted by Gasteiger charge is -2.23. The van der Waals surface area contributed by atoms with Gasteiger partial charge in [0.1, 0.15) is 23.7 Å². The van der Waals surface area contributed by atoms with Crippen LogP contribution in [-0.2, 0) is 16.1 Å². The van der Waals surface area contributed by atoms with E-state index in [4.69, 9.17) is 9.47 Å². The molecule has 2 heterocycles. The molecule has 7 nitrogen and oxygen atoms in total. The summed E-state index contributed by atoms with van der Waals surface area (Å²) in [5, 5.41) is 2.31. The summed E-state index contributed by atoms with van der Waals surface area (Å²) in [7, 11) is 0. The van der Waals surface area contributed by atoms with Gasteiger partial charge in [-0.3, -0.25) is 14.7 Å². The molecule has 0 fully saturated rings. The zero-order chi connectivity index (χ0) is 24.9. The number of hydrogen-bond acceptors (Lipinski definition) is 7. The summed E-state index contributed by atoms with van der Waals surface area (Å²) in [5.74, 6) is 0.215. The maximum Gasteiger partial charge on any atom is 0.342 e. The zero-order valence-corrected chi connectivity index (χ0v) is 20.8. The first-order valence-electron chi connectivity index (χ1n) is 11.0. The van der Waals surface area contributed by atoms with E-state index in [1.165, 1.54) is 18.3 Å². The highest BCUT2D eigenvalue weighted by Crippen LogP contribution is 2.35. The van der Waals surface area contributed by atoms with Crippen LogP contribution in [0.4, 0.5) is 10.8 Å². The highest BCUT2D eigenvalue weighted by Gasteiger charge is 2.22. The maximum atomic E-state index is 12.8. The van der Waals surface area contributed by atoms with Crippen LogP contribution in [0.3, 0.4) is 0 Å². The van der Waals surface area contributed by atoms with Crippen LogP contribution in [0, 0.1) is 20.8 Å². The van der Waals surface area contributed by atoms with Crippen molar-refractivity contribution in [1.82, 2.24) is 9.97 Å². The number of aromatic nitrogens is 2. The van der Waals surface area contributed by atoms with Crippen LogP contribution in [0.5, 0.6) is 11.5 Å². The molecule has 0 aliphatic carbocycles. The molecular formula is C27H25N3O4S. The molecule has 0 unspecified atom stereocenters. The molecule has 35 heavy (non-hydrogen) atoms. The lowest BCUT2D eigenvalue weighted by molar-refractivity contribution is -0.115. The van der Waals surface area contributed by atoms with Crippen molar-refractivity contribution in [1.29, 1.82) is 0 Å². The monoisotopic (exact) mass is 487 g/mol. The van der Waals surface area contributed by atoms with Crippen LogP contribution in [0.15, 0.2) is 66.3 Å². The summed E-state index contributed by atoms with van der Waals surface area (Å²) in [4.78, 5) is 35.6. The predicted molar refractivity (Wildman–Crippen MR) is 135 cm³/mol. The van der Waals surface area contributed by atoms with Crippen molar-refractivity contribution in [3.05, 3.63) is 94.3 Å². The van der Waals surface area contributed by atoms with E-state index in [-0.39, 0.29) is 12.5 Å². The number of benzene rings is 2. The van der Waals surface area contributed by atoms with Crippen molar-refractivity contribution in [3.8, 4) is 11.5 Å². The quantitative estimate of drug-likeness (QED) is 0.285. The molecule has 0 N–H and O–H groups in total. The average molecular weight is 488 g/mol. The minimum Gasteiger partial charge on any atom is -0.455 e. The SMILES string of the molecule is CC(=O)N(c1nc(COC(=O)c2ccccc2Oc2cccnc2)cs1)c1c(C)cc(C)cc1C. The lowest BCUT2D eigenvalue weighted by Crippen LogP contribution is -2.24. The van der Waals surface area contributed by atoms with Gasteiger partial charge < -0.3 is 9.47 Å². The number of rotatable bonds is 7. The summed E-state index contributed by atoms with van der Waals surface area (Å²) in [6.45, 7) is 7.46. The van der Waals surface area contributed by atoms with Crippen molar-refractivity contribution >= 4 is 34.0 Å². The number of hydrogen-bond donors (Lipinski definition) is 0. The first kappa shape index (κ1) is 24.1. The van der Waals surface area contributed by atoms with Crippen LogP contribution in [0.1, 0.15) is 39.7 Å². The topological polar surface area (TPSA) is 81.6 Å². The number of pyridine rings is 1. The van der Waals surface area contributed by atoms with Gasteiger partial charge in [-0.1, -0.05) is 29.8 Å². The summed E-state index contributed by atoms with van der Waals surface area (Å²) in [6, 6.07) is 14.4. The fraction of sp³-hybridized carbons (Fsp3) is 0.185. The lowest BCUT2D eigenvalue weighted by atomic mass is 10.0. The third kappa shape index (κ3) is 5.55. The minimum atomic E-state index is -0.535. The van der Waals surface area contributed by atoms with Gasteiger partial charge in [-0.05, 0) is 56.2 Å². The van der Waals surface area contributed by atoms with Gasteiger partial charge in [0.2, 0.25) is 5.91 Å². The van der Waals surface area contributed by atoms with Gasteiger partial charge in [-0.15, -0.1) is 11.3 Å². The number of nitrogens with zero attached hydrogens (tertiary/aromatic N) is 3. The van der Waals surface area contributed by atoms with Gasteiger partial charge in [0.25, 0.3) is 0 Å². The molecular weight excluding hydrogens is 462 g/mol. The minimum absolute atomic E-state index is 0.0336. The molecule has 2 aromatic carbocycles. The van der Waals surface area contributed by atoms with Crippen LogP contribution < -0.4 is 9.64 Å². The Morgan fingerprint density at radius 2 is 1.77 bits per heavy atom. The largest absolute Gasteiger partial charge is 0.455 e. The van der Waals surface area contributed by atoms with Crippen LogP contribution in [0.2, 0.25) is 0 Å². The molecule has 0 saturated carbocycles. The molecule has 4 aromatic rings. The van der Waals surface area contributed by atoms with E-state index in [9.17, 15) is 9.59 Å². The molecule has 0 radical (unpaired) electrons. The van der Waals surface area contributed by atoms with Crippen molar-refractivity contribution in [2.24, 2.45) is 0 Å². The van der Waals surface area contributed by atoms with E-state index in [2.05, 4.69) is 9.97 Å². The molecule has 178 valence electrons. The second kappa shape index (κ2) is 10.5. The Bertz CT molecular complexity index is 1340. The summed E-state index contributed by atoms with van der Waals surface area (Å²) in [6.07, 6.45) is 3.21. The van der Waals surface area contributed by atoms with Crippen LogP contribution >= 0.6 is 11.3 Å². The molecule has 0 bridgehead atoms. The molecule has 1 amide bonds. The third-order valence-electron chi connectivity index (χ3n) is 5.23. The number of thiazole rings is 1. The number of para-hydroxylation sites is 1. The Labute approximate surface area is 208 Å². The predicted octanol–water partition coefficient (Wildman–Crippen LogP) is 6.30. The number of aryl methyl sites for hydroxylation is 3. The third-order valence-corrected chi connectivity index (χ3v) is 6.10. The molecule has 0 saturated heterocycles. The van der Waals surface area contributed by atoms with Crippen molar-refractivity contribution in [3.63, 3.8) is 0 Å². The molecule has 8 heteroatoms. The van der Waals surface area contributed by atoms with Crippen molar-refractivity contribution in [2.75, 3.05) is 4.90 Å². The first-order valence-corrected chi connectivity index (χ1v) is 11.9. The van der Waals surface area contributed by atoms with Crippen LogP contribution in [0.25, 0.3) is 0 Å². The van der Waals surface area contributed by atoms with Gasteiger partial charge in [0.15, 0.2) is 5.13 Å². The summed E-state index contributed by atoms with van der Waals surface area (Å²) < 4.78 is 11.3. The standard InChI is InChI=1S/C27H25N3O4S/c1-17-12-18(2)25(19(3)13-17)30(20(4)31)27-29-21(16-35-27)15-33-26(32)23-9-5-6-10-24(23)34-22-8-7-11-28-14-22/h5-14,16H,15H2,1-4H3. The van der Waals surface area contributed by atoms with E-state index in [1.54, 1.807) is 59.1 Å². The Hall–Kier alpha value is -4.04. The fourth-order valence-corrected chi connectivity index (χ4v) is 4.71. The molecule has 0 aliphatic rings. The maximum absolute atomic E-state index is 12.8. The number of amides is 1. The number of carbonyl (C=O) groups excluding carboxylic acids is 2. The zero-order valence-electron chi connectivity index (χ0n) is 19.9. The van der Waals surface area contributed by atoms with E-state index >= 15 is 0 Å². The average Bonchev–Trinajstić information content (AvgIpc) is 3.29. The molecule has 2 aromatic heterocycles. The van der Waals surface area contributed by atoms with Gasteiger partial charge in [0, 0.05) is 18.5 Å². The van der Waals surface area contributed by atoms with Gasteiger partial charge >= 0.3 is 5.97 Å². The van der Waals surface area contributed by atoms with E-state index in [0.717, 1.165) is 22.4 Å². The van der Waals surface area contributed by atoms with Gasteiger partial charge in [-0.25, -0.2) is 9.78 Å². The number of esters is 1. The first-order chi connectivity index (χ1) is 16.8. The van der Waals surface area contributed by atoms with Crippen molar-refractivity contribution < 1.29 is 19.1 Å². The van der Waals surface area contributed by atoms with Crippen LogP contribution in [-0.4, -0.2) is 21.8 Å². The number of ether oxygens (including phenoxy) is 2. The van der Waals surface area contributed by atoms with Gasteiger partial charge in [0.05, 0.1) is 17.6 Å². The highest BCUT2D eigenvalue weighted by molar-refractivity contribution is 7.14. The molecule has 0 spiro atoms. The molecule has 0 aliphatic heterocycles. The number of anilines is 2. The molecule has 4 rings (SSSR count). The Morgan fingerprint density at radius 1 is 1.03 bits per heavy atom. The fourth-order valence-electron chi connectivity index (χ4n) is 3.85. The Balaban J connectivity index is 1.50. The Kier molecular flexibility index (Phi) is 7.22. The second-order valence-electron chi connectivity index (χ2n) is 8.09. The second-order valence-corrected chi connectivity index (χ2v) is 8.92. The summed E-state index contributed by atoms with van der Waals surface area (Å²) >= 11 is 1.33.